The smallest absolute Gasteiger partial charge is 0.225 e. The van der Waals surface area contributed by atoms with E-state index in [9.17, 15) is 9.90 Å². The van der Waals surface area contributed by atoms with E-state index in [4.69, 9.17) is 9.47 Å². The number of carbonyl (C=O) groups is 1. The summed E-state index contributed by atoms with van der Waals surface area (Å²) in [5, 5.41) is 9.22. The van der Waals surface area contributed by atoms with Gasteiger partial charge in [0, 0.05) is 19.7 Å². The van der Waals surface area contributed by atoms with Crippen LogP contribution in [0.5, 0.6) is 11.5 Å². The highest BCUT2D eigenvalue weighted by Gasteiger charge is 2.11. The number of hydrogen-bond donors (Lipinski definition) is 1. The van der Waals surface area contributed by atoms with E-state index < -0.39 is 0 Å². The molecule has 1 rings (SSSR count). The second-order valence-electron chi connectivity index (χ2n) is 3.99. The summed E-state index contributed by atoms with van der Waals surface area (Å²) < 4.78 is 10.7. The van der Waals surface area contributed by atoms with Gasteiger partial charge in [0.05, 0.1) is 26.7 Å². The number of benzene rings is 1. The van der Waals surface area contributed by atoms with E-state index in [0.717, 1.165) is 0 Å². The molecule has 0 unspecified atom stereocenters. The van der Waals surface area contributed by atoms with Crippen LogP contribution in [0.2, 0.25) is 0 Å². The molecule has 1 aromatic carbocycles. The third kappa shape index (κ3) is 3.63. The van der Waals surface area contributed by atoms with E-state index in [2.05, 4.69) is 0 Å². The molecule has 0 saturated carbocycles. The number of methoxy groups -OCH3 is 1. The average Bonchev–Trinajstić information content (AvgIpc) is 2.38. The first-order valence-corrected chi connectivity index (χ1v) is 5.69. The Hall–Kier alpha value is -1.75. The molecule has 0 radical (unpaired) electrons. The Bertz CT molecular complexity index is 382. The maximum atomic E-state index is 11.4. The molecular formula is C13H19NO4. The van der Waals surface area contributed by atoms with Gasteiger partial charge in [-0.3, -0.25) is 4.79 Å². The van der Waals surface area contributed by atoms with Gasteiger partial charge in [-0.25, -0.2) is 0 Å². The first-order valence-electron chi connectivity index (χ1n) is 5.69. The second kappa shape index (κ2) is 6.86. The molecule has 0 spiro atoms. The number of para-hydroxylation sites is 1. The molecule has 5 nitrogen and oxygen atoms in total. The molecule has 0 saturated heterocycles. The quantitative estimate of drug-likeness (QED) is 0.823. The fourth-order valence-corrected chi connectivity index (χ4v) is 1.47. The third-order valence-electron chi connectivity index (χ3n) is 2.51. The number of nitrogens with zero attached hydrogens (tertiary/aromatic N) is 1. The lowest BCUT2D eigenvalue weighted by atomic mass is 10.2. The van der Waals surface area contributed by atoms with Gasteiger partial charge in [-0.15, -0.1) is 0 Å². The zero-order valence-corrected chi connectivity index (χ0v) is 11.0. The van der Waals surface area contributed by atoms with E-state index in [0.29, 0.717) is 17.1 Å². The number of aliphatic hydroxyl groups is 1. The van der Waals surface area contributed by atoms with Crippen LogP contribution in [0.4, 0.5) is 0 Å². The Morgan fingerprint density at radius 1 is 1.39 bits per heavy atom. The molecule has 0 aromatic heterocycles. The van der Waals surface area contributed by atoms with Gasteiger partial charge in [-0.05, 0) is 6.07 Å². The van der Waals surface area contributed by atoms with Gasteiger partial charge in [0.25, 0.3) is 0 Å². The molecule has 100 valence electrons. The number of aliphatic hydroxyl groups excluding tert-OH is 1. The van der Waals surface area contributed by atoms with Crippen LogP contribution in [0.25, 0.3) is 0 Å². The molecule has 1 N–H and O–H groups in total. The molecule has 1 aromatic rings. The summed E-state index contributed by atoms with van der Waals surface area (Å²) in [5.74, 6) is 1.04. The normalized spacial score (nSPS) is 10.0. The van der Waals surface area contributed by atoms with Crippen LogP contribution in [0.15, 0.2) is 18.2 Å². The molecular weight excluding hydrogens is 234 g/mol. The summed E-state index contributed by atoms with van der Waals surface area (Å²) in [7, 11) is 4.93. The van der Waals surface area contributed by atoms with Crippen molar-refractivity contribution in [2.24, 2.45) is 0 Å². The van der Waals surface area contributed by atoms with Gasteiger partial charge in [0.1, 0.15) is 0 Å². The van der Waals surface area contributed by atoms with E-state index >= 15 is 0 Å². The lowest BCUT2D eigenvalue weighted by Crippen LogP contribution is -2.23. The summed E-state index contributed by atoms with van der Waals surface area (Å²) >= 11 is 0. The van der Waals surface area contributed by atoms with E-state index in [-0.39, 0.29) is 25.5 Å². The Morgan fingerprint density at radius 2 is 2.11 bits per heavy atom. The van der Waals surface area contributed by atoms with Crippen molar-refractivity contribution in [2.45, 2.75) is 13.0 Å². The van der Waals surface area contributed by atoms with Crippen molar-refractivity contribution in [2.75, 3.05) is 27.8 Å². The Kier molecular flexibility index (Phi) is 5.45. The summed E-state index contributed by atoms with van der Waals surface area (Å²) in [5.41, 5.74) is 0.645. The fourth-order valence-electron chi connectivity index (χ4n) is 1.47. The van der Waals surface area contributed by atoms with Crippen LogP contribution < -0.4 is 9.47 Å². The number of ether oxygens (including phenoxy) is 2. The largest absolute Gasteiger partial charge is 0.493 e. The summed E-state index contributed by atoms with van der Waals surface area (Å²) in [6.45, 7) is 0.124. The molecule has 0 aliphatic carbocycles. The highest BCUT2D eigenvalue weighted by atomic mass is 16.5. The third-order valence-corrected chi connectivity index (χ3v) is 2.51. The predicted molar refractivity (Wildman–Crippen MR) is 67.7 cm³/mol. The Balaban J connectivity index is 2.68. The minimum absolute atomic E-state index is 0.00422. The lowest BCUT2D eigenvalue weighted by Gasteiger charge is -2.15. The van der Waals surface area contributed by atoms with E-state index in [1.54, 1.807) is 32.3 Å². The Labute approximate surface area is 107 Å². The van der Waals surface area contributed by atoms with Gasteiger partial charge < -0.3 is 19.5 Å². The van der Waals surface area contributed by atoms with Crippen molar-refractivity contribution in [3.05, 3.63) is 23.8 Å². The first-order chi connectivity index (χ1) is 8.60. The SMILES string of the molecule is COc1cccc(CO)c1OCCC(=O)N(C)C. The molecule has 0 aliphatic rings. The van der Waals surface area contributed by atoms with Crippen LogP contribution in [0, 0.1) is 0 Å². The van der Waals surface area contributed by atoms with Gasteiger partial charge in [0.2, 0.25) is 5.91 Å². The van der Waals surface area contributed by atoms with Crippen molar-refractivity contribution in [1.82, 2.24) is 4.90 Å². The van der Waals surface area contributed by atoms with Crippen LogP contribution in [0.3, 0.4) is 0 Å². The minimum atomic E-state index is -0.131. The Morgan fingerprint density at radius 3 is 2.67 bits per heavy atom. The molecule has 0 heterocycles. The minimum Gasteiger partial charge on any atom is -0.493 e. The average molecular weight is 253 g/mol. The van der Waals surface area contributed by atoms with Gasteiger partial charge in [0.15, 0.2) is 11.5 Å². The van der Waals surface area contributed by atoms with Gasteiger partial charge in [-0.1, -0.05) is 12.1 Å². The van der Waals surface area contributed by atoms with Crippen LogP contribution >= 0.6 is 0 Å². The highest BCUT2D eigenvalue weighted by molar-refractivity contribution is 5.75. The van der Waals surface area contributed by atoms with Gasteiger partial charge in [-0.2, -0.15) is 0 Å². The number of rotatable bonds is 6. The molecule has 5 heteroatoms. The fraction of sp³-hybridized carbons (Fsp3) is 0.462. The topological polar surface area (TPSA) is 59.0 Å². The maximum absolute atomic E-state index is 11.4. The van der Waals surface area contributed by atoms with Crippen LogP contribution in [-0.2, 0) is 11.4 Å². The number of hydrogen-bond acceptors (Lipinski definition) is 4. The maximum Gasteiger partial charge on any atom is 0.225 e. The zero-order chi connectivity index (χ0) is 13.5. The number of carbonyl (C=O) groups excluding carboxylic acids is 1. The van der Waals surface area contributed by atoms with Gasteiger partial charge >= 0.3 is 0 Å². The summed E-state index contributed by atoms with van der Waals surface area (Å²) in [4.78, 5) is 12.9. The lowest BCUT2D eigenvalue weighted by molar-refractivity contribution is -0.129. The zero-order valence-electron chi connectivity index (χ0n) is 11.0. The van der Waals surface area contributed by atoms with Crippen molar-refractivity contribution in [3.8, 4) is 11.5 Å². The molecule has 18 heavy (non-hydrogen) atoms. The van der Waals surface area contributed by atoms with Crippen molar-refractivity contribution >= 4 is 5.91 Å². The molecule has 0 atom stereocenters. The summed E-state index contributed by atoms with van der Waals surface area (Å²) in [6.07, 6.45) is 0.288. The first kappa shape index (κ1) is 14.3. The van der Waals surface area contributed by atoms with Crippen LogP contribution in [-0.4, -0.2) is 43.7 Å². The second-order valence-corrected chi connectivity index (χ2v) is 3.99. The summed E-state index contributed by atoms with van der Waals surface area (Å²) in [6, 6.07) is 5.29. The van der Waals surface area contributed by atoms with E-state index in [1.165, 1.54) is 12.0 Å². The molecule has 0 bridgehead atoms. The van der Waals surface area contributed by atoms with E-state index in [1.807, 2.05) is 0 Å². The van der Waals surface area contributed by atoms with Crippen molar-refractivity contribution in [3.63, 3.8) is 0 Å². The highest BCUT2D eigenvalue weighted by Crippen LogP contribution is 2.31. The van der Waals surface area contributed by atoms with Crippen molar-refractivity contribution in [1.29, 1.82) is 0 Å². The standard InChI is InChI=1S/C13H19NO4/c1-14(2)12(16)7-8-18-13-10(9-15)5-4-6-11(13)17-3/h4-6,15H,7-9H2,1-3H3. The molecule has 1 amide bonds. The number of amides is 1. The van der Waals surface area contributed by atoms with Crippen molar-refractivity contribution < 1.29 is 19.4 Å². The predicted octanol–water partition coefficient (Wildman–Crippen LogP) is 1.04. The molecule has 0 aliphatic heterocycles. The van der Waals surface area contributed by atoms with Crippen LogP contribution in [0.1, 0.15) is 12.0 Å². The molecule has 0 fully saturated rings. The monoisotopic (exact) mass is 253 g/mol.